The van der Waals surface area contributed by atoms with Gasteiger partial charge in [0.15, 0.2) is 0 Å². The summed E-state index contributed by atoms with van der Waals surface area (Å²) in [7, 11) is -3.57. The summed E-state index contributed by atoms with van der Waals surface area (Å²) in [6.45, 7) is 6.00. The second-order valence-corrected chi connectivity index (χ2v) is 7.38. The average Bonchev–Trinajstić information content (AvgIpc) is 3.08. The van der Waals surface area contributed by atoms with Crippen molar-refractivity contribution >= 4 is 21.7 Å². The monoisotopic (exact) mass is 355 g/mol. The van der Waals surface area contributed by atoms with Crippen molar-refractivity contribution < 1.29 is 17.9 Å². The highest BCUT2D eigenvalue weighted by atomic mass is 32.2. The van der Waals surface area contributed by atoms with Crippen LogP contribution < -0.4 is 10.0 Å². The van der Waals surface area contributed by atoms with E-state index in [1.54, 1.807) is 17.0 Å². The molecule has 2 rings (SSSR count). The Kier molecular flexibility index (Phi) is 6.59. The lowest BCUT2D eigenvalue weighted by Gasteiger charge is -2.19. The number of nitrogens with zero attached hydrogens (tertiary/aromatic N) is 1. The molecule has 7 nitrogen and oxygen atoms in total. The van der Waals surface area contributed by atoms with Crippen LogP contribution in [0.5, 0.6) is 0 Å². The van der Waals surface area contributed by atoms with Gasteiger partial charge < -0.3 is 15.0 Å². The Morgan fingerprint density at radius 3 is 2.46 bits per heavy atom. The third kappa shape index (κ3) is 4.93. The van der Waals surface area contributed by atoms with Crippen LogP contribution in [0, 0.1) is 0 Å². The quantitative estimate of drug-likeness (QED) is 0.783. The number of amides is 2. The van der Waals surface area contributed by atoms with Crippen molar-refractivity contribution in [2.24, 2.45) is 0 Å². The molecule has 24 heavy (non-hydrogen) atoms. The fraction of sp³-hybridized carbons (Fsp3) is 0.562. The van der Waals surface area contributed by atoms with Gasteiger partial charge in [0.05, 0.1) is 11.0 Å². The van der Waals surface area contributed by atoms with Crippen molar-refractivity contribution in [3.05, 3.63) is 24.3 Å². The Morgan fingerprint density at radius 2 is 1.92 bits per heavy atom. The molecule has 1 aromatic rings. The largest absolute Gasteiger partial charge is 0.377 e. The molecule has 0 bridgehead atoms. The van der Waals surface area contributed by atoms with Crippen molar-refractivity contribution in [3.63, 3.8) is 0 Å². The Balaban J connectivity index is 1.96. The van der Waals surface area contributed by atoms with Crippen LogP contribution in [0.15, 0.2) is 29.2 Å². The van der Waals surface area contributed by atoms with E-state index in [9.17, 15) is 13.2 Å². The second-order valence-electron chi connectivity index (χ2n) is 5.61. The van der Waals surface area contributed by atoms with Crippen LogP contribution in [0.25, 0.3) is 0 Å². The van der Waals surface area contributed by atoms with Crippen LogP contribution in [0.2, 0.25) is 0 Å². The first-order chi connectivity index (χ1) is 11.5. The predicted molar refractivity (Wildman–Crippen MR) is 92.5 cm³/mol. The van der Waals surface area contributed by atoms with E-state index in [1.165, 1.54) is 12.1 Å². The van der Waals surface area contributed by atoms with E-state index >= 15 is 0 Å². The van der Waals surface area contributed by atoms with E-state index in [0.717, 1.165) is 12.8 Å². The number of anilines is 1. The molecular weight excluding hydrogens is 330 g/mol. The summed E-state index contributed by atoms with van der Waals surface area (Å²) in [4.78, 5) is 13.8. The molecule has 1 unspecified atom stereocenters. The molecule has 0 saturated carbocycles. The molecule has 1 fully saturated rings. The number of benzene rings is 1. The Labute approximate surface area is 143 Å². The molecule has 1 heterocycles. The van der Waals surface area contributed by atoms with Crippen molar-refractivity contribution in [2.45, 2.75) is 37.7 Å². The number of sulfonamides is 1. The lowest BCUT2D eigenvalue weighted by Crippen LogP contribution is -2.34. The molecule has 2 N–H and O–H groups in total. The smallest absolute Gasteiger partial charge is 0.321 e. The highest BCUT2D eigenvalue weighted by Crippen LogP contribution is 2.16. The van der Waals surface area contributed by atoms with Crippen LogP contribution in [0.1, 0.15) is 26.7 Å². The van der Waals surface area contributed by atoms with Crippen molar-refractivity contribution in [2.75, 3.05) is 31.6 Å². The molecular formula is C16H25N3O4S. The SMILES string of the molecule is CCN(CC)C(=O)Nc1ccc(S(=O)(=O)NCC2CCCO2)cc1. The number of carbonyl (C=O) groups is 1. The summed E-state index contributed by atoms with van der Waals surface area (Å²) < 4.78 is 32.5. The van der Waals surface area contributed by atoms with E-state index in [2.05, 4.69) is 10.0 Å². The molecule has 2 amide bonds. The summed E-state index contributed by atoms with van der Waals surface area (Å²) in [5.41, 5.74) is 0.560. The van der Waals surface area contributed by atoms with Gasteiger partial charge in [-0.05, 0) is 51.0 Å². The fourth-order valence-electron chi connectivity index (χ4n) is 2.52. The zero-order chi connectivity index (χ0) is 17.6. The maximum atomic E-state index is 12.3. The number of rotatable bonds is 7. The number of carbonyl (C=O) groups excluding carboxylic acids is 1. The highest BCUT2D eigenvalue weighted by Gasteiger charge is 2.20. The van der Waals surface area contributed by atoms with E-state index < -0.39 is 10.0 Å². The lowest BCUT2D eigenvalue weighted by atomic mass is 10.2. The number of hydrogen-bond acceptors (Lipinski definition) is 4. The van der Waals surface area contributed by atoms with Crippen molar-refractivity contribution in [1.82, 2.24) is 9.62 Å². The molecule has 1 aromatic carbocycles. The zero-order valence-corrected chi connectivity index (χ0v) is 14.9. The maximum absolute atomic E-state index is 12.3. The number of ether oxygens (including phenoxy) is 1. The van der Waals surface area contributed by atoms with E-state index in [1.807, 2.05) is 13.8 Å². The zero-order valence-electron chi connectivity index (χ0n) is 14.1. The molecule has 0 radical (unpaired) electrons. The maximum Gasteiger partial charge on any atom is 0.321 e. The first kappa shape index (κ1) is 18.7. The summed E-state index contributed by atoms with van der Waals surface area (Å²) in [6, 6.07) is 5.93. The van der Waals surface area contributed by atoms with Gasteiger partial charge >= 0.3 is 6.03 Å². The number of nitrogens with one attached hydrogen (secondary N) is 2. The van der Waals surface area contributed by atoms with Gasteiger partial charge in [0.25, 0.3) is 0 Å². The molecule has 1 aliphatic heterocycles. The minimum atomic E-state index is -3.57. The van der Waals surface area contributed by atoms with E-state index in [4.69, 9.17) is 4.74 Å². The lowest BCUT2D eigenvalue weighted by molar-refractivity contribution is 0.114. The summed E-state index contributed by atoms with van der Waals surface area (Å²) in [5.74, 6) is 0. The topological polar surface area (TPSA) is 87.7 Å². The first-order valence-electron chi connectivity index (χ1n) is 8.23. The standard InChI is InChI=1S/C16H25N3O4S/c1-3-19(4-2)16(20)18-13-7-9-15(10-8-13)24(21,22)17-12-14-6-5-11-23-14/h7-10,14,17H,3-6,11-12H2,1-2H3,(H,18,20). The third-order valence-corrected chi connectivity index (χ3v) is 5.43. The molecule has 1 aliphatic rings. The average molecular weight is 355 g/mol. The molecule has 134 valence electrons. The highest BCUT2D eigenvalue weighted by molar-refractivity contribution is 7.89. The Hall–Kier alpha value is -1.64. The molecule has 0 spiro atoms. The van der Waals surface area contributed by atoms with Crippen LogP contribution in [0.4, 0.5) is 10.5 Å². The Bertz CT molecular complexity index is 636. The normalized spacial score (nSPS) is 17.7. The van der Waals surface area contributed by atoms with Crippen molar-refractivity contribution in [1.29, 1.82) is 0 Å². The number of hydrogen-bond donors (Lipinski definition) is 2. The second kappa shape index (κ2) is 8.46. The number of urea groups is 1. The van der Waals surface area contributed by atoms with Crippen LogP contribution >= 0.6 is 0 Å². The first-order valence-corrected chi connectivity index (χ1v) is 9.71. The van der Waals surface area contributed by atoms with Gasteiger partial charge in [0.1, 0.15) is 0 Å². The Morgan fingerprint density at radius 1 is 1.25 bits per heavy atom. The van der Waals surface area contributed by atoms with Gasteiger partial charge in [0, 0.05) is 31.9 Å². The van der Waals surface area contributed by atoms with Crippen LogP contribution in [0.3, 0.4) is 0 Å². The van der Waals surface area contributed by atoms with E-state index in [-0.39, 0.29) is 23.6 Å². The molecule has 0 aliphatic carbocycles. The van der Waals surface area contributed by atoms with Crippen LogP contribution in [-0.4, -0.2) is 51.7 Å². The minimum Gasteiger partial charge on any atom is -0.377 e. The van der Waals surface area contributed by atoms with Crippen molar-refractivity contribution in [3.8, 4) is 0 Å². The predicted octanol–water partition coefficient (Wildman–Crippen LogP) is 2.02. The van der Waals surface area contributed by atoms with Gasteiger partial charge in [0.2, 0.25) is 10.0 Å². The molecule has 1 saturated heterocycles. The van der Waals surface area contributed by atoms with Gasteiger partial charge in [-0.25, -0.2) is 17.9 Å². The van der Waals surface area contributed by atoms with Gasteiger partial charge in [-0.2, -0.15) is 0 Å². The molecule has 0 aromatic heterocycles. The summed E-state index contributed by atoms with van der Waals surface area (Å²) >= 11 is 0. The van der Waals surface area contributed by atoms with E-state index in [0.29, 0.717) is 25.4 Å². The third-order valence-electron chi connectivity index (χ3n) is 3.99. The summed E-state index contributed by atoms with van der Waals surface area (Å²) in [6.07, 6.45) is 1.79. The van der Waals surface area contributed by atoms with Crippen LogP contribution in [-0.2, 0) is 14.8 Å². The molecule has 8 heteroatoms. The fourth-order valence-corrected chi connectivity index (χ4v) is 3.59. The van der Waals surface area contributed by atoms with Gasteiger partial charge in [-0.1, -0.05) is 0 Å². The van der Waals surface area contributed by atoms with Gasteiger partial charge in [-0.15, -0.1) is 0 Å². The summed E-state index contributed by atoms with van der Waals surface area (Å²) in [5, 5.41) is 2.75. The molecule has 1 atom stereocenters. The van der Waals surface area contributed by atoms with Gasteiger partial charge in [-0.3, -0.25) is 0 Å². The minimum absolute atomic E-state index is 0.0487.